The van der Waals surface area contributed by atoms with Crippen molar-refractivity contribution in [1.82, 2.24) is 14.9 Å². The molecule has 0 saturated heterocycles. The van der Waals surface area contributed by atoms with Gasteiger partial charge in [-0.05, 0) is 0 Å². The number of aromatic nitrogens is 2. The zero-order valence-corrected chi connectivity index (χ0v) is 7.33. The van der Waals surface area contributed by atoms with Crippen LogP contribution in [0.4, 0.5) is 8.78 Å². The summed E-state index contributed by atoms with van der Waals surface area (Å²) in [6.07, 6.45) is -2.68. The molecule has 0 fully saturated rings. The van der Waals surface area contributed by atoms with Crippen molar-refractivity contribution in [2.24, 2.45) is 0 Å². The fourth-order valence-corrected chi connectivity index (χ4v) is 1.45. The van der Waals surface area contributed by atoms with Gasteiger partial charge in [0.2, 0.25) is 0 Å². The molecule has 6 heteroatoms. The van der Waals surface area contributed by atoms with E-state index in [0.29, 0.717) is 25.5 Å². The third-order valence-corrected chi connectivity index (χ3v) is 2.13. The molecule has 1 aliphatic heterocycles. The predicted molar refractivity (Wildman–Crippen MR) is 45.2 cm³/mol. The van der Waals surface area contributed by atoms with Crippen LogP contribution in [0.3, 0.4) is 0 Å². The third kappa shape index (κ3) is 1.52. The van der Waals surface area contributed by atoms with E-state index >= 15 is 0 Å². The lowest BCUT2D eigenvalue weighted by atomic mass is 10.3. The average molecular weight is 201 g/mol. The van der Waals surface area contributed by atoms with E-state index in [4.69, 9.17) is 0 Å². The number of rotatable bonds is 1. The van der Waals surface area contributed by atoms with E-state index in [1.165, 1.54) is 4.57 Å². The van der Waals surface area contributed by atoms with E-state index in [1.54, 1.807) is 0 Å². The summed E-state index contributed by atoms with van der Waals surface area (Å²) in [6.45, 7) is 1.53. The summed E-state index contributed by atoms with van der Waals surface area (Å²) in [4.78, 5) is 15.1. The SMILES string of the molecule is O=c1cc(C(F)F)nc2n1CCNC2. The zero-order valence-electron chi connectivity index (χ0n) is 7.33. The number of nitrogens with zero attached hydrogens (tertiary/aromatic N) is 2. The van der Waals surface area contributed by atoms with E-state index < -0.39 is 17.7 Å². The van der Waals surface area contributed by atoms with Gasteiger partial charge in [0, 0.05) is 19.2 Å². The summed E-state index contributed by atoms with van der Waals surface area (Å²) in [7, 11) is 0. The van der Waals surface area contributed by atoms with Crippen LogP contribution < -0.4 is 10.9 Å². The Labute approximate surface area is 78.6 Å². The van der Waals surface area contributed by atoms with Crippen molar-refractivity contribution < 1.29 is 8.78 Å². The molecular formula is C8H9F2N3O. The van der Waals surface area contributed by atoms with E-state index in [2.05, 4.69) is 10.3 Å². The predicted octanol–water partition coefficient (Wildman–Crippen LogP) is 0.284. The monoisotopic (exact) mass is 201 g/mol. The lowest BCUT2D eigenvalue weighted by Crippen LogP contribution is -2.37. The third-order valence-electron chi connectivity index (χ3n) is 2.13. The van der Waals surface area contributed by atoms with Gasteiger partial charge < -0.3 is 5.32 Å². The minimum atomic E-state index is -2.68. The molecule has 1 aromatic rings. The molecule has 1 aromatic heterocycles. The molecule has 0 spiro atoms. The van der Waals surface area contributed by atoms with Gasteiger partial charge in [0.15, 0.2) is 0 Å². The Balaban J connectivity index is 2.52. The molecule has 14 heavy (non-hydrogen) atoms. The molecule has 4 nitrogen and oxygen atoms in total. The summed E-state index contributed by atoms with van der Waals surface area (Å²) < 4.78 is 26.0. The second-order valence-electron chi connectivity index (χ2n) is 3.06. The van der Waals surface area contributed by atoms with Gasteiger partial charge >= 0.3 is 0 Å². The van der Waals surface area contributed by atoms with Gasteiger partial charge in [0.1, 0.15) is 11.5 Å². The Morgan fingerprint density at radius 1 is 1.57 bits per heavy atom. The highest BCUT2D eigenvalue weighted by atomic mass is 19.3. The molecule has 2 rings (SSSR count). The standard InChI is InChI=1S/C8H9F2N3O/c9-8(10)5-3-7(14)13-2-1-11-4-6(13)12-5/h3,8,11H,1-2,4H2. The van der Waals surface area contributed by atoms with Crippen LogP contribution in [0.25, 0.3) is 0 Å². The fourth-order valence-electron chi connectivity index (χ4n) is 1.45. The van der Waals surface area contributed by atoms with E-state index in [9.17, 15) is 13.6 Å². The lowest BCUT2D eigenvalue weighted by Gasteiger charge is -2.18. The van der Waals surface area contributed by atoms with Crippen LogP contribution in [-0.2, 0) is 13.1 Å². The van der Waals surface area contributed by atoms with Gasteiger partial charge in [-0.25, -0.2) is 13.8 Å². The van der Waals surface area contributed by atoms with Crippen molar-refractivity contribution in [3.63, 3.8) is 0 Å². The molecule has 0 bridgehead atoms. The summed E-state index contributed by atoms with van der Waals surface area (Å²) >= 11 is 0. The molecule has 0 aliphatic carbocycles. The number of hydrogen-bond acceptors (Lipinski definition) is 3. The molecular weight excluding hydrogens is 192 g/mol. The number of hydrogen-bond donors (Lipinski definition) is 1. The van der Waals surface area contributed by atoms with Crippen LogP contribution in [0.2, 0.25) is 0 Å². The Bertz CT molecular complexity index is 402. The van der Waals surface area contributed by atoms with Crippen molar-refractivity contribution in [1.29, 1.82) is 0 Å². The molecule has 1 N–H and O–H groups in total. The Hall–Kier alpha value is -1.30. The zero-order chi connectivity index (χ0) is 10.1. The maximum atomic E-state index is 12.3. The first-order valence-corrected chi connectivity index (χ1v) is 4.28. The summed E-state index contributed by atoms with van der Waals surface area (Å²) in [5.41, 5.74) is -0.836. The molecule has 0 unspecified atom stereocenters. The second kappa shape index (κ2) is 3.45. The van der Waals surface area contributed by atoms with E-state index in [0.717, 1.165) is 6.07 Å². The minimum absolute atomic E-state index is 0.371. The van der Waals surface area contributed by atoms with Gasteiger partial charge in [0.25, 0.3) is 12.0 Å². The Kier molecular flexibility index (Phi) is 2.28. The highest BCUT2D eigenvalue weighted by Crippen LogP contribution is 2.14. The molecule has 0 radical (unpaired) electrons. The van der Waals surface area contributed by atoms with Crippen LogP contribution in [-0.4, -0.2) is 16.1 Å². The van der Waals surface area contributed by atoms with Crippen molar-refractivity contribution in [3.05, 3.63) is 27.9 Å². The molecule has 0 amide bonds. The normalized spacial score (nSPS) is 15.6. The van der Waals surface area contributed by atoms with Gasteiger partial charge in [-0.15, -0.1) is 0 Å². The maximum Gasteiger partial charge on any atom is 0.280 e. The first kappa shape index (κ1) is 9.26. The number of alkyl halides is 2. The lowest BCUT2D eigenvalue weighted by molar-refractivity contribution is 0.144. The van der Waals surface area contributed by atoms with E-state index in [1.807, 2.05) is 0 Å². The fraction of sp³-hybridized carbons (Fsp3) is 0.500. The van der Waals surface area contributed by atoms with Gasteiger partial charge in [-0.1, -0.05) is 0 Å². The van der Waals surface area contributed by atoms with Crippen LogP contribution in [0, 0.1) is 0 Å². The van der Waals surface area contributed by atoms with Crippen molar-refractivity contribution in [2.45, 2.75) is 19.5 Å². The van der Waals surface area contributed by atoms with Crippen molar-refractivity contribution in [3.8, 4) is 0 Å². The van der Waals surface area contributed by atoms with Crippen LogP contribution in [0.5, 0.6) is 0 Å². The van der Waals surface area contributed by atoms with Crippen molar-refractivity contribution >= 4 is 0 Å². The number of nitrogens with one attached hydrogen (secondary N) is 1. The summed E-state index contributed by atoms with van der Waals surface area (Å²) in [5.74, 6) is 0.388. The molecule has 0 atom stereocenters. The molecule has 2 heterocycles. The molecule has 76 valence electrons. The molecule has 0 saturated carbocycles. The minimum Gasteiger partial charge on any atom is -0.308 e. The average Bonchev–Trinajstić information content (AvgIpc) is 2.17. The molecule has 0 aromatic carbocycles. The highest BCUT2D eigenvalue weighted by Gasteiger charge is 2.16. The highest BCUT2D eigenvalue weighted by molar-refractivity contribution is 5.07. The maximum absolute atomic E-state index is 12.3. The second-order valence-corrected chi connectivity index (χ2v) is 3.06. The summed E-state index contributed by atoms with van der Waals surface area (Å²) in [6, 6.07) is 0.902. The topological polar surface area (TPSA) is 46.9 Å². The first-order valence-electron chi connectivity index (χ1n) is 4.28. The number of fused-ring (bicyclic) bond motifs is 1. The van der Waals surface area contributed by atoms with Gasteiger partial charge in [-0.3, -0.25) is 9.36 Å². The van der Waals surface area contributed by atoms with Crippen LogP contribution >= 0.6 is 0 Å². The van der Waals surface area contributed by atoms with Crippen LogP contribution in [0.1, 0.15) is 17.9 Å². The largest absolute Gasteiger partial charge is 0.308 e. The quantitative estimate of drug-likeness (QED) is 0.710. The Morgan fingerprint density at radius 2 is 2.36 bits per heavy atom. The van der Waals surface area contributed by atoms with E-state index in [-0.39, 0.29) is 0 Å². The van der Waals surface area contributed by atoms with Gasteiger partial charge in [-0.2, -0.15) is 0 Å². The van der Waals surface area contributed by atoms with Gasteiger partial charge in [0.05, 0.1) is 6.54 Å². The smallest absolute Gasteiger partial charge is 0.280 e. The van der Waals surface area contributed by atoms with Crippen LogP contribution in [0.15, 0.2) is 10.9 Å². The first-order chi connectivity index (χ1) is 6.68. The summed E-state index contributed by atoms with van der Waals surface area (Å²) in [5, 5.41) is 2.97. The number of halogens is 2. The van der Waals surface area contributed by atoms with Crippen molar-refractivity contribution in [2.75, 3.05) is 6.54 Å². The molecule has 1 aliphatic rings. The Morgan fingerprint density at radius 3 is 3.07 bits per heavy atom.